The molecule has 0 bridgehead atoms. The Morgan fingerprint density at radius 3 is 2.61 bits per heavy atom. The SMILES string of the molecule is Cc1ccc(CCNS(=O)(=O)c2ccc3[nH]c(=O)oc3c2)cc1. The van der Waals surface area contributed by atoms with Crippen molar-refractivity contribution in [1.29, 1.82) is 0 Å². The van der Waals surface area contributed by atoms with Gasteiger partial charge in [0.25, 0.3) is 0 Å². The lowest BCUT2D eigenvalue weighted by molar-refractivity contribution is 0.553. The molecule has 1 aromatic heterocycles. The highest BCUT2D eigenvalue weighted by Gasteiger charge is 2.15. The smallest absolute Gasteiger partial charge is 0.408 e. The zero-order valence-corrected chi connectivity index (χ0v) is 13.3. The number of hydrogen-bond donors (Lipinski definition) is 2. The normalized spacial score (nSPS) is 11.9. The molecular weight excluding hydrogens is 316 g/mol. The molecule has 0 aliphatic rings. The molecule has 0 unspecified atom stereocenters. The Morgan fingerprint density at radius 2 is 1.87 bits per heavy atom. The fraction of sp³-hybridized carbons (Fsp3) is 0.188. The first-order valence-electron chi connectivity index (χ1n) is 7.12. The molecule has 0 spiro atoms. The highest BCUT2D eigenvalue weighted by Crippen LogP contribution is 2.16. The molecule has 0 saturated heterocycles. The summed E-state index contributed by atoms with van der Waals surface area (Å²) in [7, 11) is -3.65. The third-order valence-electron chi connectivity index (χ3n) is 3.53. The first kappa shape index (κ1) is 15.5. The summed E-state index contributed by atoms with van der Waals surface area (Å²) in [4.78, 5) is 13.7. The Kier molecular flexibility index (Phi) is 4.06. The Balaban J connectivity index is 1.72. The van der Waals surface area contributed by atoms with Crippen LogP contribution in [-0.2, 0) is 16.4 Å². The minimum absolute atomic E-state index is 0.0663. The third-order valence-corrected chi connectivity index (χ3v) is 4.99. The van der Waals surface area contributed by atoms with E-state index in [1.807, 2.05) is 31.2 Å². The largest absolute Gasteiger partial charge is 0.417 e. The molecule has 23 heavy (non-hydrogen) atoms. The number of sulfonamides is 1. The highest BCUT2D eigenvalue weighted by atomic mass is 32.2. The molecular formula is C16H16N2O4S. The van der Waals surface area contributed by atoms with Crippen molar-refractivity contribution < 1.29 is 12.8 Å². The molecule has 3 rings (SSSR count). The Hall–Kier alpha value is -2.38. The molecule has 3 aromatic rings. The quantitative estimate of drug-likeness (QED) is 0.747. The van der Waals surface area contributed by atoms with Gasteiger partial charge in [-0.2, -0.15) is 0 Å². The van der Waals surface area contributed by atoms with Gasteiger partial charge < -0.3 is 4.42 Å². The lowest BCUT2D eigenvalue weighted by Gasteiger charge is -2.07. The fourth-order valence-corrected chi connectivity index (χ4v) is 3.31. The summed E-state index contributed by atoms with van der Waals surface area (Å²) < 4.78 is 32.0. The minimum atomic E-state index is -3.65. The topological polar surface area (TPSA) is 92.2 Å². The van der Waals surface area contributed by atoms with E-state index in [0.29, 0.717) is 18.5 Å². The molecule has 0 radical (unpaired) electrons. The molecule has 0 aliphatic carbocycles. The van der Waals surface area contributed by atoms with E-state index in [-0.39, 0.29) is 10.5 Å². The lowest BCUT2D eigenvalue weighted by atomic mass is 10.1. The predicted molar refractivity (Wildman–Crippen MR) is 86.9 cm³/mol. The van der Waals surface area contributed by atoms with Gasteiger partial charge in [-0.15, -0.1) is 0 Å². The van der Waals surface area contributed by atoms with Gasteiger partial charge >= 0.3 is 5.76 Å². The van der Waals surface area contributed by atoms with Crippen molar-refractivity contribution in [2.75, 3.05) is 6.54 Å². The molecule has 7 heteroatoms. The number of aryl methyl sites for hydroxylation is 1. The first-order valence-corrected chi connectivity index (χ1v) is 8.60. The van der Waals surface area contributed by atoms with E-state index < -0.39 is 15.8 Å². The number of H-pyrrole nitrogens is 1. The average molecular weight is 332 g/mol. The van der Waals surface area contributed by atoms with Crippen LogP contribution >= 0.6 is 0 Å². The number of fused-ring (bicyclic) bond motifs is 1. The summed E-state index contributed by atoms with van der Waals surface area (Å²) >= 11 is 0. The van der Waals surface area contributed by atoms with Crippen LogP contribution in [0.3, 0.4) is 0 Å². The van der Waals surface area contributed by atoms with E-state index >= 15 is 0 Å². The van der Waals surface area contributed by atoms with Crippen molar-refractivity contribution in [3.05, 3.63) is 64.1 Å². The van der Waals surface area contributed by atoms with Crippen LogP contribution < -0.4 is 10.5 Å². The second-order valence-corrected chi connectivity index (χ2v) is 7.07. The van der Waals surface area contributed by atoms with E-state index in [0.717, 1.165) is 11.1 Å². The maximum atomic E-state index is 12.3. The maximum absolute atomic E-state index is 12.3. The lowest BCUT2D eigenvalue weighted by Crippen LogP contribution is -2.25. The molecule has 0 atom stereocenters. The van der Waals surface area contributed by atoms with Crippen LogP contribution in [0.15, 0.2) is 56.6 Å². The molecule has 2 aromatic carbocycles. The summed E-state index contributed by atoms with van der Waals surface area (Å²) in [5.74, 6) is -0.609. The number of nitrogens with one attached hydrogen (secondary N) is 2. The molecule has 2 N–H and O–H groups in total. The monoisotopic (exact) mass is 332 g/mol. The number of hydrogen-bond acceptors (Lipinski definition) is 4. The fourth-order valence-electron chi connectivity index (χ4n) is 2.26. The number of aromatic nitrogens is 1. The van der Waals surface area contributed by atoms with E-state index in [4.69, 9.17) is 4.42 Å². The first-order chi connectivity index (χ1) is 10.9. The van der Waals surface area contributed by atoms with E-state index in [1.54, 1.807) is 0 Å². The number of benzene rings is 2. The van der Waals surface area contributed by atoms with Gasteiger partial charge in [0.2, 0.25) is 10.0 Å². The summed E-state index contributed by atoms with van der Waals surface area (Å²) in [5.41, 5.74) is 2.91. The van der Waals surface area contributed by atoms with E-state index in [2.05, 4.69) is 9.71 Å². The molecule has 120 valence electrons. The molecule has 6 nitrogen and oxygen atoms in total. The number of aromatic amines is 1. The van der Waals surface area contributed by atoms with Crippen LogP contribution in [0.5, 0.6) is 0 Å². The Labute approximate surface area is 133 Å². The molecule has 0 fully saturated rings. The highest BCUT2D eigenvalue weighted by molar-refractivity contribution is 7.89. The van der Waals surface area contributed by atoms with Crippen LogP contribution in [0.4, 0.5) is 0 Å². The maximum Gasteiger partial charge on any atom is 0.417 e. The summed E-state index contributed by atoms with van der Waals surface area (Å²) in [6, 6.07) is 12.2. The van der Waals surface area contributed by atoms with Gasteiger partial charge in [-0.05, 0) is 31.0 Å². The van der Waals surface area contributed by atoms with Crippen molar-refractivity contribution in [3.63, 3.8) is 0 Å². The Bertz CT molecular complexity index is 985. The molecule has 1 heterocycles. The Morgan fingerprint density at radius 1 is 1.13 bits per heavy atom. The van der Waals surface area contributed by atoms with Crippen molar-refractivity contribution in [2.24, 2.45) is 0 Å². The summed E-state index contributed by atoms with van der Waals surface area (Å²) in [6.07, 6.45) is 0.598. The molecule has 0 amide bonds. The zero-order valence-electron chi connectivity index (χ0n) is 12.5. The van der Waals surface area contributed by atoms with Crippen molar-refractivity contribution in [2.45, 2.75) is 18.2 Å². The van der Waals surface area contributed by atoms with E-state index in [1.165, 1.54) is 18.2 Å². The van der Waals surface area contributed by atoms with Gasteiger partial charge in [0.15, 0.2) is 5.58 Å². The zero-order chi connectivity index (χ0) is 16.4. The second kappa shape index (κ2) is 6.02. The third kappa shape index (κ3) is 3.52. The van der Waals surface area contributed by atoms with Crippen molar-refractivity contribution >= 4 is 21.1 Å². The average Bonchev–Trinajstić information content (AvgIpc) is 2.88. The van der Waals surface area contributed by atoms with E-state index in [9.17, 15) is 13.2 Å². The second-order valence-electron chi connectivity index (χ2n) is 5.31. The van der Waals surface area contributed by atoms with Crippen LogP contribution in [0, 0.1) is 6.92 Å². The minimum Gasteiger partial charge on any atom is -0.408 e. The standard InChI is InChI=1S/C16H16N2O4S/c1-11-2-4-12(5-3-11)8-9-17-23(20,21)13-6-7-14-15(10-13)22-16(19)18-14/h2-7,10,17H,8-9H2,1H3,(H,18,19). The van der Waals surface area contributed by atoms with Crippen LogP contribution in [0.25, 0.3) is 11.1 Å². The van der Waals surface area contributed by atoms with Crippen molar-refractivity contribution in [3.8, 4) is 0 Å². The van der Waals surface area contributed by atoms with Gasteiger partial charge in [-0.3, -0.25) is 4.98 Å². The van der Waals surface area contributed by atoms with Gasteiger partial charge in [-0.1, -0.05) is 29.8 Å². The summed E-state index contributed by atoms with van der Waals surface area (Å²) in [6.45, 7) is 2.29. The summed E-state index contributed by atoms with van der Waals surface area (Å²) in [5, 5.41) is 0. The van der Waals surface area contributed by atoms with Crippen LogP contribution in [0.1, 0.15) is 11.1 Å². The number of rotatable bonds is 5. The van der Waals surface area contributed by atoms with Crippen LogP contribution in [-0.4, -0.2) is 19.9 Å². The van der Waals surface area contributed by atoms with Gasteiger partial charge in [-0.25, -0.2) is 17.9 Å². The number of oxazole rings is 1. The van der Waals surface area contributed by atoms with Crippen molar-refractivity contribution in [1.82, 2.24) is 9.71 Å². The van der Waals surface area contributed by atoms with Crippen LogP contribution in [0.2, 0.25) is 0 Å². The van der Waals surface area contributed by atoms with Gasteiger partial charge in [0.1, 0.15) is 0 Å². The molecule has 0 aliphatic heterocycles. The van der Waals surface area contributed by atoms with Gasteiger partial charge in [0, 0.05) is 12.6 Å². The molecule has 0 saturated carbocycles. The predicted octanol–water partition coefficient (Wildman–Crippen LogP) is 1.95. The van der Waals surface area contributed by atoms with Gasteiger partial charge in [0.05, 0.1) is 10.4 Å².